The molecule has 1 aromatic rings. The van der Waals surface area contributed by atoms with E-state index in [9.17, 15) is 9.18 Å². The highest BCUT2D eigenvalue weighted by Crippen LogP contribution is 2.51. The Hall–Kier alpha value is -1.58. The van der Waals surface area contributed by atoms with Crippen molar-refractivity contribution in [3.8, 4) is 5.75 Å². The minimum absolute atomic E-state index is 0.108. The van der Waals surface area contributed by atoms with Crippen molar-refractivity contribution in [3.63, 3.8) is 0 Å². The third-order valence-corrected chi connectivity index (χ3v) is 3.06. The van der Waals surface area contributed by atoms with Gasteiger partial charge in [0.05, 0.1) is 12.5 Å². The van der Waals surface area contributed by atoms with Gasteiger partial charge in [0.25, 0.3) is 0 Å². The second-order valence-electron chi connectivity index (χ2n) is 4.36. The van der Waals surface area contributed by atoms with Crippen LogP contribution in [0.15, 0.2) is 12.1 Å². The van der Waals surface area contributed by atoms with Crippen LogP contribution in [0.2, 0.25) is 0 Å². The number of hydrogen-bond acceptors (Lipinski definition) is 2. The van der Waals surface area contributed by atoms with Gasteiger partial charge >= 0.3 is 5.97 Å². The number of halogens is 1. The molecule has 4 heteroatoms. The molecule has 17 heavy (non-hydrogen) atoms. The van der Waals surface area contributed by atoms with Crippen LogP contribution in [0.25, 0.3) is 0 Å². The van der Waals surface area contributed by atoms with Gasteiger partial charge in [-0.25, -0.2) is 4.39 Å². The third kappa shape index (κ3) is 2.25. The zero-order valence-electron chi connectivity index (χ0n) is 9.87. The van der Waals surface area contributed by atoms with Gasteiger partial charge in [-0.05, 0) is 38.0 Å². The highest BCUT2D eigenvalue weighted by Gasteiger charge is 2.46. The molecule has 0 spiro atoms. The van der Waals surface area contributed by atoms with Crippen molar-refractivity contribution in [2.45, 2.75) is 26.2 Å². The molecular formula is C13H15FO3. The van der Waals surface area contributed by atoms with Crippen molar-refractivity contribution in [2.75, 3.05) is 6.61 Å². The van der Waals surface area contributed by atoms with E-state index in [4.69, 9.17) is 9.84 Å². The highest BCUT2D eigenvalue weighted by molar-refractivity contribution is 5.75. The van der Waals surface area contributed by atoms with Gasteiger partial charge in [-0.3, -0.25) is 4.79 Å². The van der Waals surface area contributed by atoms with Gasteiger partial charge in [0.15, 0.2) is 0 Å². The van der Waals surface area contributed by atoms with Crippen LogP contribution < -0.4 is 4.74 Å². The number of carboxylic acids is 1. The monoisotopic (exact) mass is 238 g/mol. The van der Waals surface area contributed by atoms with Gasteiger partial charge in [-0.2, -0.15) is 0 Å². The minimum atomic E-state index is -0.820. The molecule has 2 unspecified atom stereocenters. The fourth-order valence-electron chi connectivity index (χ4n) is 2.18. The fraction of sp³-hybridized carbons (Fsp3) is 0.462. The normalized spacial score (nSPS) is 22.3. The van der Waals surface area contributed by atoms with E-state index in [0.29, 0.717) is 24.3 Å². The van der Waals surface area contributed by atoms with Gasteiger partial charge in [-0.1, -0.05) is 0 Å². The maximum Gasteiger partial charge on any atom is 0.307 e. The van der Waals surface area contributed by atoms with Crippen LogP contribution in [0.5, 0.6) is 5.75 Å². The number of ether oxygens (including phenoxy) is 1. The number of carbonyl (C=O) groups is 1. The van der Waals surface area contributed by atoms with E-state index in [1.165, 1.54) is 12.1 Å². The Balaban J connectivity index is 2.35. The maximum atomic E-state index is 13.4. The predicted molar refractivity (Wildman–Crippen MR) is 60.8 cm³/mol. The molecule has 0 heterocycles. The van der Waals surface area contributed by atoms with Gasteiger partial charge in [0.1, 0.15) is 11.6 Å². The Morgan fingerprint density at radius 1 is 1.59 bits per heavy atom. The summed E-state index contributed by atoms with van der Waals surface area (Å²) in [6.07, 6.45) is 0.568. The molecule has 1 saturated carbocycles. The number of aryl methyl sites for hydroxylation is 1. The second-order valence-corrected chi connectivity index (χ2v) is 4.36. The average molecular weight is 238 g/mol. The predicted octanol–water partition coefficient (Wildman–Crippen LogP) is 2.72. The topological polar surface area (TPSA) is 46.5 Å². The number of rotatable bonds is 4. The Morgan fingerprint density at radius 2 is 2.29 bits per heavy atom. The lowest BCUT2D eigenvalue weighted by Gasteiger charge is -2.13. The van der Waals surface area contributed by atoms with E-state index in [2.05, 4.69) is 0 Å². The summed E-state index contributed by atoms with van der Waals surface area (Å²) >= 11 is 0. The van der Waals surface area contributed by atoms with Crippen molar-refractivity contribution in [3.05, 3.63) is 29.1 Å². The van der Waals surface area contributed by atoms with Gasteiger partial charge in [0, 0.05) is 11.5 Å². The average Bonchev–Trinajstić information content (AvgIpc) is 3.01. The largest absolute Gasteiger partial charge is 0.493 e. The Kier molecular flexibility index (Phi) is 3.05. The van der Waals surface area contributed by atoms with Crippen LogP contribution in [-0.4, -0.2) is 17.7 Å². The molecule has 3 nitrogen and oxygen atoms in total. The van der Waals surface area contributed by atoms with Gasteiger partial charge < -0.3 is 9.84 Å². The van der Waals surface area contributed by atoms with E-state index < -0.39 is 11.9 Å². The lowest BCUT2D eigenvalue weighted by Crippen LogP contribution is -2.03. The molecule has 0 bridgehead atoms. The Bertz CT molecular complexity index is 456. The first-order chi connectivity index (χ1) is 8.04. The van der Waals surface area contributed by atoms with E-state index in [1.54, 1.807) is 6.92 Å². The lowest BCUT2D eigenvalue weighted by atomic mass is 10.0. The minimum Gasteiger partial charge on any atom is -0.493 e. The van der Waals surface area contributed by atoms with Gasteiger partial charge in [0.2, 0.25) is 0 Å². The second kappa shape index (κ2) is 4.35. The summed E-state index contributed by atoms with van der Waals surface area (Å²) in [5.74, 6) is -1.02. The Labute approximate surface area is 99.2 Å². The smallest absolute Gasteiger partial charge is 0.307 e. The summed E-state index contributed by atoms with van der Waals surface area (Å²) in [6, 6.07) is 2.80. The van der Waals surface area contributed by atoms with Crippen molar-refractivity contribution in [1.82, 2.24) is 0 Å². The molecule has 0 aliphatic heterocycles. The van der Waals surface area contributed by atoms with Gasteiger partial charge in [-0.15, -0.1) is 0 Å². The summed E-state index contributed by atoms with van der Waals surface area (Å²) in [6.45, 7) is 4.12. The molecule has 0 aromatic heterocycles. The SMILES string of the molecule is CCOc1c(C)cc(F)cc1C1CC1C(=O)O. The summed E-state index contributed by atoms with van der Waals surface area (Å²) < 4.78 is 18.9. The molecule has 1 fully saturated rings. The van der Waals surface area contributed by atoms with Crippen molar-refractivity contribution >= 4 is 5.97 Å². The molecule has 1 aromatic carbocycles. The summed E-state index contributed by atoms with van der Waals surface area (Å²) in [7, 11) is 0. The molecule has 2 rings (SSSR count). The van der Waals surface area contributed by atoms with E-state index in [1.807, 2.05) is 6.92 Å². The van der Waals surface area contributed by atoms with Crippen LogP contribution in [0.1, 0.15) is 30.4 Å². The van der Waals surface area contributed by atoms with E-state index in [-0.39, 0.29) is 11.7 Å². The standard InChI is InChI=1S/C13H15FO3/c1-3-17-12-7(2)4-8(14)5-10(12)9-6-11(9)13(15)16/h4-5,9,11H,3,6H2,1-2H3,(H,15,16). The highest BCUT2D eigenvalue weighted by atomic mass is 19.1. The number of hydrogen-bond donors (Lipinski definition) is 1. The maximum absolute atomic E-state index is 13.4. The number of aliphatic carboxylic acids is 1. The number of carboxylic acid groups (broad SMARTS) is 1. The molecule has 92 valence electrons. The van der Waals surface area contributed by atoms with Crippen LogP contribution in [0, 0.1) is 18.7 Å². The van der Waals surface area contributed by atoms with Crippen LogP contribution in [0.3, 0.4) is 0 Å². The first-order valence-corrected chi connectivity index (χ1v) is 5.70. The van der Waals surface area contributed by atoms with Crippen LogP contribution in [0.4, 0.5) is 4.39 Å². The van der Waals surface area contributed by atoms with Crippen molar-refractivity contribution < 1.29 is 19.0 Å². The summed E-state index contributed by atoms with van der Waals surface area (Å²) in [5, 5.41) is 8.91. The van der Waals surface area contributed by atoms with Crippen LogP contribution in [-0.2, 0) is 4.79 Å². The molecule has 0 radical (unpaired) electrons. The van der Waals surface area contributed by atoms with Crippen molar-refractivity contribution in [2.24, 2.45) is 5.92 Å². The molecule has 0 saturated heterocycles. The zero-order chi connectivity index (χ0) is 12.6. The third-order valence-electron chi connectivity index (χ3n) is 3.06. The van der Waals surface area contributed by atoms with E-state index in [0.717, 1.165) is 5.56 Å². The molecular weight excluding hydrogens is 223 g/mol. The summed E-state index contributed by atoms with van der Waals surface area (Å²) in [5.41, 5.74) is 1.41. The van der Waals surface area contributed by atoms with Crippen molar-refractivity contribution in [1.29, 1.82) is 0 Å². The Morgan fingerprint density at radius 3 is 2.82 bits per heavy atom. The molecule has 2 atom stereocenters. The fourth-order valence-corrected chi connectivity index (χ4v) is 2.18. The number of benzene rings is 1. The quantitative estimate of drug-likeness (QED) is 0.877. The molecule has 0 amide bonds. The molecule has 1 aliphatic carbocycles. The lowest BCUT2D eigenvalue weighted by molar-refractivity contribution is -0.138. The summed E-state index contributed by atoms with van der Waals surface area (Å²) in [4.78, 5) is 10.8. The zero-order valence-corrected chi connectivity index (χ0v) is 9.87. The van der Waals surface area contributed by atoms with E-state index >= 15 is 0 Å². The van der Waals surface area contributed by atoms with Crippen LogP contribution >= 0.6 is 0 Å². The first kappa shape index (κ1) is 11.9. The first-order valence-electron chi connectivity index (χ1n) is 5.70. The molecule has 1 N–H and O–H groups in total. The molecule has 1 aliphatic rings.